The summed E-state index contributed by atoms with van der Waals surface area (Å²) in [7, 11) is 0. The summed E-state index contributed by atoms with van der Waals surface area (Å²) in [6.45, 7) is 1.87. The molecule has 1 aromatic carbocycles. The molecule has 1 aromatic heterocycles. The van der Waals surface area contributed by atoms with Crippen LogP contribution in [0.2, 0.25) is 0 Å². The molecule has 4 rings (SSSR count). The van der Waals surface area contributed by atoms with Gasteiger partial charge in [-0.2, -0.15) is 0 Å². The molecule has 0 amide bonds. The molecule has 0 unspecified atom stereocenters. The monoisotopic (exact) mass is 333 g/mol. The maximum atomic E-state index is 5.79. The highest BCUT2D eigenvalue weighted by Gasteiger charge is 2.15. The number of rotatable bonds is 4. The molecular formula is C19H15N3OS. The summed E-state index contributed by atoms with van der Waals surface area (Å²) in [5.74, 6) is 2.17. The van der Waals surface area contributed by atoms with Crippen LogP contribution in [0, 0.1) is 6.92 Å². The SMILES string of the molecule is Cc1nc(-c2ccccc2)c(CSc2nc3cccccc-3n2)o1. The Hall–Kier alpha value is -2.66. The van der Waals surface area contributed by atoms with Crippen molar-refractivity contribution in [2.45, 2.75) is 17.8 Å². The number of nitrogens with zero attached hydrogens (tertiary/aromatic N) is 3. The fourth-order valence-corrected chi connectivity index (χ4v) is 3.31. The normalized spacial score (nSPS) is 11.0. The summed E-state index contributed by atoms with van der Waals surface area (Å²) >= 11 is 1.56. The third-order valence-corrected chi connectivity index (χ3v) is 4.46. The van der Waals surface area contributed by atoms with E-state index >= 15 is 0 Å². The molecule has 0 saturated heterocycles. The number of thioether (sulfide) groups is 1. The van der Waals surface area contributed by atoms with Gasteiger partial charge in [0.1, 0.15) is 11.5 Å². The minimum absolute atomic E-state index is 0.646. The van der Waals surface area contributed by atoms with Gasteiger partial charge in [-0.05, 0) is 12.1 Å². The third kappa shape index (κ3) is 3.03. The van der Waals surface area contributed by atoms with E-state index in [0.29, 0.717) is 11.6 Å². The van der Waals surface area contributed by atoms with E-state index in [1.54, 1.807) is 11.8 Å². The van der Waals surface area contributed by atoms with E-state index in [-0.39, 0.29) is 0 Å². The quantitative estimate of drug-likeness (QED) is 0.500. The second-order valence-corrected chi connectivity index (χ2v) is 6.29. The van der Waals surface area contributed by atoms with Gasteiger partial charge in [-0.1, -0.05) is 60.3 Å². The van der Waals surface area contributed by atoms with Crippen molar-refractivity contribution in [2.24, 2.45) is 0 Å². The number of benzene rings is 1. The first-order valence-electron chi connectivity index (χ1n) is 7.67. The molecule has 0 spiro atoms. The summed E-state index contributed by atoms with van der Waals surface area (Å²) < 4.78 is 5.79. The maximum Gasteiger partial charge on any atom is 0.191 e. The van der Waals surface area contributed by atoms with Crippen LogP contribution in [0.15, 0.2) is 70.2 Å². The van der Waals surface area contributed by atoms with E-state index in [1.165, 1.54) is 0 Å². The molecule has 2 aromatic rings. The Morgan fingerprint density at radius 2 is 1.46 bits per heavy atom. The van der Waals surface area contributed by atoms with E-state index in [0.717, 1.165) is 33.6 Å². The molecule has 1 aliphatic carbocycles. The Labute approximate surface area is 144 Å². The van der Waals surface area contributed by atoms with Crippen molar-refractivity contribution in [2.75, 3.05) is 0 Å². The lowest BCUT2D eigenvalue weighted by Crippen LogP contribution is -1.85. The summed E-state index contributed by atoms with van der Waals surface area (Å²) in [4.78, 5) is 13.7. The first kappa shape index (κ1) is 14.9. The van der Waals surface area contributed by atoms with Crippen molar-refractivity contribution < 1.29 is 4.42 Å². The first-order valence-corrected chi connectivity index (χ1v) is 8.65. The predicted octanol–water partition coefficient (Wildman–Crippen LogP) is 4.84. The molecule has 0 radical (unpaired) electrons. The van der Waals surface area contributed by atoms with E-state index in [1.807, 2.05) is 67.6 Å². The van der Waals surface area contributed by atoms with Crippen LogP contribution in [0.25, 0.3) is 22.6 Å². The molecule has 24 heavy (non-hydrogen) atoms. The topological polar surface area (TPSA) is 51.8 Å². The van der Waals surface area contributed by atoms with Crippen LogP contribution < -0.4 is 0 Å². The van der Waals surface area contributed by atoms with Crippen molar-refractivity contribution in [1.82, 2.24) is 15.0 Å². The molecule has 5 heteroatoms. The number of aryl methyl sites for hydroxylation is 1. The Morgan fingerprint density at radius 3 is 2.12 bits per heavy atom. The Bertz CT molecular complexity index is 906. The van der Waals surface area contributed by atoms with E-state index in [9.17, 15) is 0 Å². The largest absolute Gasteiger partial charge is 0.444 e. The van der Waals surface area contributed by atoms with Crippen molar-refractivity contribution in [3.63, 3.8) is 0 Å². The molecule has 0 atom stereocenters. The van der Waals surface area contributed by atoms with Crippen LogP contribution in [0.4, 0.5) is 0 Å². The highest BCUT2D eigenvalue weighted by Crippen LogP contribution is 2.30. The minimum Gasteiger partial charge on any atom is -0.444 e. The Balaban J connectivity index is 1.59. The third-order valence-electron chi connectivity index (χ3n) is 3.61. The standard InChI is InChI=1S/C19H15N3OS/c1-13-20-18(14-8-4-2-5-9-14)17(23-13)12-24-19-21-15-10-6-3-7-11-16(15)22-19/h2-11H,12H2,1H3. The van der Waals surface area contributed by atoms with Crippen LogP contribution in [0.5, 0.6) is 0 Å². The first-order chi connectivity index (χ1) is 11.8. The summed E-state index contributed by atoms with van der Waals surface area (Å²) in [5, 5.41) is 0.754. The molecule has 0 N–H and O–H groups in total. The molecule has 4 nitrogen and oxygen atoms in total. The number of aromatic nitrogens is 3. The van der Waals surface area contributed by atoms with Gasteiger partial charge in [-0.25, -0.2) is 15.0 Å². The van der Waals surface area contributed by atoms with Gasteiger partial charge < -0.3 is 4.42 Å². The second-order valence-electron chi connectivity index (χ2n) is 5.35. The van der Waals surface area contributed by atoms with Crippen molar-refractivity contribution in [3.8, 4) is 22.6 Å². The molecule has 0 bridgehead atoms. The predicted molar refractivity (Wildman–Crippen MR) is 94.9 cm³/mol. The average Bonchev–Trinajstić information content (AvgIpc) is 3.10. The summed E-state index contributed by atoms with van der Waals surface area (Å²) in [5.41, 5.74) is 3.76. The van der Waals surface area contributed by atoms with E-state index < -0.39 is 0 Å². The van der Waals surface area contributed by atoms with Crippen LogP contribution in [0.3, 0.4) is 0 Å². The van der Waals surface area contributed by atoms with E-state index in [2.05, 4.69) is 15.0 Å². The molecule has 0 saturated carbocycles. The van der Waals surface area contributed by atoms with Gasteiger partial charge in [0, 0.05) is 12.5 Å². The summed E-state index contributed by atoms with van der Waals surface area (Å²) in [6.07, 6.45) is 0. The highest BCUT2D eigenvalue weighted by molar-refractivity contribution is 7.98. The Kier molecular flexibility index (Phi) is 4.01. The van der Waals surface area contributed by atoms with Gasteiger partial charge in [0.15, 0.2) is 11.0 Å². The van der Waals surface area contributed by atoms with Gasteiger partial charge in [-0.15, -0.1) is 0 Å². The molecule has 1 aliphatic heterocycles. The lowest BCUT2D eigenvalue weighted by Gasteiger charge is -1.99. The van der Waals surface area contributed by atoms with Gasteiger partial charge in [0.05, 0.1) is 17.1 Å². The Morgan fingerprint density at radius 1 is 0.833 bits per heavy atom. The number of imidazole rings is 1. The van der Waals surface area contributed by atoms with Crippen LogP contribution in [0.1, 0.15) is 11.7 Å². The number of oxazole rings is 1. The molecule has 118 valence electrons. The lowest BCUT2D eigenvalue weighted by atomic mass is 10.1. The number of hydrogen-bond acceptors (Lipinski definition) is 5. The molecule has 2 aliphatic rings. The summed E-state index contributed by atoms with van der Waals surface area (Å²) in [6, 6.07) is 19.9. The average molecular weight is 333 g/mol. The fourth-order valence-electron chi connectivity index (χ4n) is 2.53. The molecular weight excluding hydrogens is 318 g/mol. The highest BCUT2D eigenvalue weighted by atomic mass is 32.2. The maximum absolute atomic E-state index is 5.79. The minimum atomic E-state index is 0.646. The van der Waals surface area contributed by atoms with Crippen molar-refractivity contribution in [3.05, 3.63) is 72.3 Å². The van der Waals surface area contributed by atoms with Crippen molar-refractivity contribution >= 4 is 11.8 Å². The van der Waals surface area contributed by atoms with Crippen LogP contribution in [-0.4, -0.2) is 15.0 Å². The lowest BCUT2D eigenvalue weighted by molar-refractivity contribution is 0.491. The van der Waals surface area contributed by atoms with Gasteiger partial charge in [0.2, 0.25) is 0 Å². The second kappa shape index (κ2) is 6.45. The van der Waals surface area contributed by atoms with E-state index in [4.69, 9.17) is 4.42 Å². The van der Waals surface area contributed by atoms with Gasteiger partial charge in [0.25, 0.3) is 0 Å². The zero-order valence-corrected chi connectivity index (χ0v) is 14.0. The van der Waals surface area contributed by atoms with Crippen molar-refractivity contribution in [1.29, 1.82) is 0 Å². The van der Waals surface area contributed by atoms with Gasteiger partial charge in [-0.3, -0.25) is 0 Å². The smallest absolute Gasteiger partial charge is 0.191 e. The number of fused-ring (bicyclic) bond motifs is 1. The fraction of sp³-hybridized carbons (Fsp3) is 0.105. The van der Waals surface area contributed by atoms with Gasteiger partial charge >= 0.3 is 0 Å². The van der Waals surface area contributed by atoms with Crippen LogP contribution >= 0.6 is 11.8 Å². The number of hydrogen-bond donors (Lipinski definition) is 0. The zero-order chi connectivity index (χ0) is 16.4. The van der Waals surface area contributed by atoms with Crippen LogP contribution in [-0.2, 0) is 5.75 Å². The molecule has 0 fully saturated rings. The zero-order valence-electron chi connectivity index (χ0n) is 13.1. The molecule has 2 heterocycles.